The lowest BCUT2D eigenvalue weighted by atomic mass is 10.1. The van der Waals surface area contributed by atoms with Gasteiger partial charge in [0.2, 0.25) is 0 Å². The van der Waals surface area contributed by atoms with Gasteiger partial charge in [-0.3, -0.25) is 4.79 Å². The van der Waals surface area contributed by atoms with Crippen LogP contribution < -0.4 is 10.6 Å². The van der Waals surface area contributed by atoms with Gasteiger partial charge in [-0.15, -0.1) is 24.0 Å². The summed E-state index contributed by atoms with van der Waals surface area (Å²) in [5.74, 6) is 0.793. The number of ether oxygens (including phenoxy) is 1. The molecule has 0 fully saturated rings. The van der Waals surface area contributed by atoms with Gasteiger partial charge in [-0.2, -0.15) is 0 Å². The lowest BCUT2D eigenvalue weighted by Crippen LogP contribution is -2.38. The highest BCUT2D eigenvalue weighted by molar-refractivity contribution is 14.0. The molecule has 0 spiro atoms. The fourth-order valence-corrected chi connectivity index (χ4v) is 2.84. The molecule has 2 aromatic carbocycles. The molecule has 0 aliphatic carbocycles. The standard InChI is InChI=1S/C24H34N4O2.HI/c1-4-25-24(26-16-8-17-30-18-15-20-9-6-5-7-10-20)27-19-21-11-13-22(14-12-21)23(29)28(2)3;/h5-7,9-14H,4,8,15-19H2,1-3H3,(H2,25,26,27);1H. The Morgan fingerprint density at radius 1 is 0.968 bits per heavy atom. The molecular formula is C24H35IN4O2. The molecule has 0 bridgehead atoms. The highest BCUT2D eigenvalue weighted by atomic mass is 127. The number of guanidine groups is 1. The molecule has 7 heteroatoms. The van der Waals surface area contributed by atoms with E-state index in [1.54, 1.807) is 19.0 Å². The summed E-state index contributed by atoms with van der Waals surface area (Å²) in [6.45, 7) is 5.67. The maximum absolute atomic E-state index is 12.0. The van der Waals surface area contributed by atoms with Gasteiger partial charge in [0.05, 0.1) is 13.2 Å². The van der Waals surface area contributed by atoms with Crippen LogP contribution in [0.2, 0.25) is 0 Å². The first-order valence-electron chi connectivity index (χ1n) is 10.5. The van der Waals surface area contributed by atoms with Crippen molar-refractivity contribution in [3.8, 4) is 0 Å². The van der Waals surface area contributed by atoms with Crippen LogP contribution in [0, 0.1) is 0 Å². The quantitative estimate of drug-likeness (QED) is 0.198. The number of nitrogens with one attached hydrogen (secondary N) is 2. The van der Waals surface area contributed by atoms with Crippen molar-refractivity contribution in [3.63, 3.8) is 0 Å². The second-order valence-electron chi connectivity index (χ2n) is 7.22. The molecule has 0 atom stereocenters. The molecule has 1 amide bonds. The highest BCUT2D eigenvalue weighted by Crippen LogP contribution is 2.07. The number of amides is 1. The first-order chi connectivity index (χ1) is 14.6. The minimum atomic E-state index is 0. The zero-order valence-electron chi connectivity index (χ0n) is 18.8. The summed E-state index contributed by atoms with van der Waals surface area (Å²) >= 11 is 0. The van der Waals surface area contributed by atoms with Gasteiger partial charge >= 0.3 is 0 Å². The lowest BCUT2D eigenvalue weighted by Gasteiger charge is -2.12. The van der Waals surface area contributed by atoms with Gasteiger partial charge in [-0.1, -0.05) is 42.5 Å². The van der Waals surface area contributed by atoms with Crippen LogP contribution in [0.4, 0.5) is 0 Å². The van der Waals surface area contributed by atoms with Crippen LogP contribution in [-0.4, -0.2) is 57.2 Å². The Bertz CT molecular complexity index is 780. The van der Waals surface area contributed by atoms with Crippen LogP contribution in [0.3, 0.4) is 0 Å². The molecule has 6 nitrogen and oxygen atoms in total. The number of hydrogen-bond donors (Lipinski definition) is 2. The summed E-state index contributed by atoms with van der Waals surface area (Å²) in [7, 11) is 3.51. The Hall–Kier alpha value is -2.13. The number of rotatable bonds is 11. The van der Waals surface area contributed by atoms with E-state index in [1.807, 2.05) is 37.3 Å². The number of nitrogens with zero attached hydrogens (tertiary/aromatic N) is 2. The molecule has 0 saturated heterocycles. The molecule has 0 aromatic heterocycles. The van der Waals surface area contributed by atoms with Crippen LogP contribution in [0.1, 0.15) is 34.8 Å². The lowest BCUT2D eigenvalue weighted by molar-refractivity contribution is 0.0827. The van der Waals surface area contributed by atoms with Crippen LogP contribution in [0.25, 0.3) is 0 Å². The molecule has 170 valence electrons. The first kappa shape index (κ1) is 26.9. The summed E-state index contributed by atoms with van der Waals surface area (Å²) in [6, 6.07) is 18.0. The van der Waals surface area contributed by atoms with E-state index in [-0.39, 0.29) is 29.9 Å². The van der Waals surface area contributed by atoms with Gasteiger partial charge in [0, 0.05) is 39.4 Å². The molecule has 0 unspecified atom stereocenters. The predicted octanol–water partition coefficient (Wildman–Crippen LogP) is 3.71. The number of halogens is 1. The number of aliphatic imine (C=N–C) groups is 1. The Morgan fingerprint density at radius 2 is 1.68 bits per heavy atom. The highest BCUT2D eigenvalue weighted by Gasteiger charge is 2.07. The van der Waals surface area contributed by atoms with E-state index in [0.29, 0.717) is 12.1 Å². The molecule has 2 aromatic rings. The van der Waals surface area contributed by atoms with Gasteiger partial charge in [0.25, 0.3) is 5.91 Å². The number of hydrogen-bond acceptors (Lipinski definition) is 3. The summed E-state index contributed by atoms with van der Waals surface area (Å²) in [6.07, 6.45) is 1.86. The van der Waals surface area contributed by atoms with Crippen molar-refractivity contribution in [2.75, 3.05) is 40.4 Å². The number of benzene rings is 2. The minimum Gasteiger partial charge on any atom is -0.381 e. The van der Waals surface area contributed by atoms with Crippen molar-refractivity contribution in [3.05, 3.63) is 71.3 Å². The third-order valence-corrected chi connectivity index (χ3v) is 4.51. The molecule has 0 aliphatic heterocycles. The van der Waals surface area contributed by atoms with Gasteiger partial charge in [-0.05, 0) is 43.0 Å². The largest absolute Gasteiger partial charge is 0.381 e. The van der Waals surface area contributed by atoms with Crippen LogP contribution in [0.5, 0.6) is 0 Å². The number of carbonyl (C=O) groups is 1. The summed E-state index contributed by atoms with van der Waals surface area (Å²) in [5.41, 5.74) is 3.05. The van der Waals surface area contributed by atoms with Gasteiger partial charge < -0.3 is 20.3 Å². The van der Waals surface area contributed by atoms with Crippen LogP contribution in [-0.2, 0) is 17.7 Å². The zero-order chi connectivity index (χ0) is 21.6. The monoisotopic (exact) mass is 538 g/mol. The maximum Gasteiger partial charge on any atom is 0.253 e. The molecule has 31 heavy (non-hydrogen) atoms. The van der Waals surface area contributed by atoms with E-state index >= 15 is 0 Å². The summed E-state index contributed by atoms with van der Waals surface area (Å²) in [4.78, 5) is 18.2. The third-order valence-electron chi connectivity index (χ3n) is 4.51. The molecule has 2 N–H and O–H groups in total. The Morgan fingerprint density at radius 3 is 2.32 bits per heavy atom. The molecule has 0 heterocycles. The fraction of sp³-hybridized carbons (Fsp3) is 0.417. The van der Waals surface area contributed by atoms with E-state index in [1.165, 1.54) is 5.56 Å². The van der Waals surface area contributed by atoms with Crippen LogP contribution in [0.15, 0.2) is 59.6 Å². The van der Waals surface area contributed by atoms with E-state index in [2.05, 4.69) is 39.9 Å². The smallest absolute Gasteiger partial charge is 0.253 e. The zero-order valence-corrected chi connectivity index (χ0v) is 21.1. The normalized spacial score (nSPS) is 10.9. The summed E-state index contributed by atoms with van der Waals surface area (Å²) < 4.78 is 5.72. The second-order valence-corrected chi connectivity index (χ2v) is 7.22. The molecule has 0 aliphatic rings. The molecule has 2 rings (SSSR count). The van der Waals surface area contributed by atoms with Crippen LogP contribution >= 0.6 is 24.0 Å². The first-order valence-corrected chi connectivity index (χ1v) is 10.5. The van der Waals surface area contributed by atoms with Gasteiger partial charge in [0.15, 0.2) is 5.96 Å². The molecular weight excluding hydrogens is 503 g/mol. The average molecular weight is 538 g/mol. The minimum absolute atomic E-state index is 0. The van der Waals surface area contributed by atoms with E-state index in [9.17, 15) is 4.79 Å². The van der Waals surface area contributed by atoms with Crippen molar-refractivity contribution >= 4 is 35.8 Å². The van der Waals surface area contributed by atoms with Crippen molar-refractivity contribution in [2.45, 2.75) is 26.3 Å². The van der Waals surface area contributed by atoms with Gasteiger partial charge in [-0.25, -0.2) is 4.99 Å². The SMILES string of the molecule is CCNC(=NCc1ccc(C(=O)N(C)C)cc1)NCCCOCCc1ccccc1.I. The Balaban J connectivity index is 0.00000480. The van der Waals surface area contributed by atoms with E-state index in [0.717, 1.165) is 50.7 Å². The Labute approximate surface area is 203 Å². The molecule has 0 saturated carbocycles. The van der Waals surface area contributed by atoms with Crippen molar-refractivity contribution in [1.29, 1.82) is 0 Å². The second kappa shape index (κ2) is 15.6. The van der Waals surface area contributed by atoms with Crippen molar-refractivity contribution < 1.29 is 9.53 Å². The van der Waals surface area contributed by atoms with E-state index < -0.39 is 0 Å². The van der Waals surface area contributed by atoms with E-state index in [4.69, 9.17) is 4.74 Å². The topological polar surface area (TPSA) is 66.0 Å². The predicted molar refractivity (Wildman–Crippen MR) is 138 cm³/mol. The summed E-state index contributed by atoms with van der Waals surface area (Å²) in [5, 5.41) is 6.60. The molecule has 0 radical (unpaired) electrons. The average Bonchev–Trinajstić information content (AvgIpc) is 2.77. The third kappa shape index (κ3) is 10.6. The van der Waals surface area contributed by atoms with Crippen molar-refractivity contribution in [2.24, 2.45) is 4.99 Å². The van der Waals surface area contributed by atoms with Gasteiger partial charge in [0.1, 0.15) is 0 Å². The van der Waals surface area contributed by atoms with Crippen molar-refractivity contribution in [1.82, 2.24) is 15.5 Å². The fourth-order valence-electron chi connectivity index (χ4n) is 2.84. The Kier molecular flexibility index (Phi) is 13.6. The maximum atomic E-state index is 12.0. The number of carbonyl (C=O) groups excluding carboxylic acids is 1.